The lowest BCUT2D eigenvalue weighted by Gasteiger charge is -2.02. The molecule has 0 saturated carbocycles. The molecule has 0 aliphatic rings. The number of anilines is 2. The molecule has 0 bridgehead atoms. The molecule has 0 saturated heterocycles. The third-order valence-electron chi connectivity index (χ3n) is 3.65. The summed E-state index contributed by atoms with van der Waals surface area (Å²) in [7, 11) is 0. The number of hydrazone groups is 1. The van der Waals surface area contributed by atoms with Gasteiger partial charge in [0.15, 0.2) is 0 Å². The summed E-state index contributed by atoms with van der Waals surface area (Å²) in [5.74, 6) is -0.132. The Hall–Kier alpha value is -3.25. The van der Waals surface area contributed by atoms with E-state index in [9.17, 15) is 4.79 Å². The highest BCUT2D eigenvalue weighted by Crippen LogP contribution is 2.36. The zero-order valence-corrected chi connectivity index (χ0v) is 16.0. The van der Waals surface area contributed by atoms with Crippen LogP contribution in [0.25, 0.3) is 17.3 Å². The number of amides is 1. The van der Waals surface area contributed by atoms with E-state index < -0.39 is 0 Å². The monoisotopic (exact) mass is 376 g/mol. The van der Waals surface area contributed by atoms with E-state index in [2.05, 4.69) is 20.8 Å². The van der Waals surface area contributed by atoms with Crippen LogP contribution in [0.2, 0.25) is 0 Å². The van der Waals surface area contributed by atoms with Crippen LogP contribution in [0, 0.1) is 6.92 Å². The normalized spacial score (nSPS) is 11.2. The molecular formula is C21H20N4OS. The molecule has 0 radical (unpaired) electrons. The van der Waals surface area contributed by atoms with Crippen molar-refractivity contribution in [3.05, 3.63) is 71.8 Å². The molecule has 0 aliphatic carbocycles. The minimum Gasteiger partial charge on any atom is -0.316 e. The van der Waals surface area contributed by atoms with Gasteiger partial charge in [0, 0.05) is 18.7 Å². The number of rotatable bonds is 6. The van der Waals surface area contributed by atoms with Crippen LogP contribution >= 0.6 is 11.3 Å². The van der Waals surface area contributed by atoms with E-state index in [1.807, 2.05) is 73.7 Å². The van der Waals surface area contributed by atoms with Gasteiger partial charge in [-0.25, -0.2) is 4.98 Å². The second kappa shape index (κ2) is 8.91. The Bertz CT molecular complexity index is 960. The number of hydrogen-bond donors (Lipinski definition) is 2. The van der Waals surface area contributed by atoms with Gasteiger partial charge in [-0.2, -0.15) is 5.10 Å². The second-order valence-corrected chi connectivity index (χ2v) is 6.90. The largest absolute Gasteiger partial charge is 0.316 e. The molecule has 5 nitrogen and oxygen atoms in total. The van der Waals surface area contributed by atoms with Crippen molar-refractivity contribution < 1.29 is 4.79 Å². The average Bonchev–Trinajstić information content (AvgIpc) is 3.05. The molecule has 0 unspecified atom stereocenters. The van der Waals surface area contributed by atoms with E-state index in [4.69, 9.17) is 0 Å². The standard InChI is InChI=1S/C21H20N4OS/c1-15-10-12-18(13-11-15)19-20(23-16(2)26)27-21(24-19)25-22-14-6-9-17-7-4-3-5-8-17/h3-14H,1-2H3,(H,23,26)(H,24,25)/b9-6+,22-14+. The predicted molar refractivity (Wildman–Crippen MR) is 114 cm³/mol. The lowest BCUT2D eigenvalue weighted by molar-refractivity contribution is -0.114. The first-order chi connectivity index (χ1) is 13.1. The van der Waals surface area contributed by atoms with Gasteiger partial charge in [-0.15, -0.1) is 0 Å². The maximum Gasteiger partial charge on any atom is 0.221 e. The number of benzene rings is 2. The predicted octanol–water partition coefficient (Wildman–Crippen LogP) is 5.19. The van der Waals surface area contributed by atoms with Gasteiger partial charge >= 0.3 is 0 Å². The molecule has 0 fully saturated rings. The fourth-order valence-electron chi connectivity index (χ4n) is 2.37. The van der Waals surface area contributed by atoms with Crippen LogP contribution in [-0.2, 0) is 4.79 Å². The molecule has 6 heteroatoms. The number of thiazole rings is 1. The van der Waals surface area contributed by atoms with Crippen molar-refractivity contribution in [3.63, 3.8) is 0 Å². The van der Waals surface area contributed by atoms with Gasteiger partial charge in [-0.05, 0) is 18.6 Å². The van der Waals surface area contributed by atoms with Crippen LogP contribution < -0.4 is 10.7 Å². The SMILES string of the molecule is CC(=O)Nc1sc(N/N=C/C=C/c2ccccc2)nc1-c1ccc(C)cc1. The Morgan fingerprint density at radius 2 is 1.85 bits per heavy atom. The van der Waals surface area contributed by atoms with E-state index in [0.717, 1.165) is 16.8 Å². The number of aromatic nitrogens is 1. The molecule has 1 aromatic heterocycles. The van der Waals surface area contributed by atoms with E-state index in [1.54, 1.807) is 6.21 Å². The fourth-order valence-corrected chi connectivity index (χ4v) is 3.26. The maximum atomic E-state index is 11.5. The molecule has 2 N–H and O–H groups in total. The molecule has 1 amide bonds. The van der Waals surface area contributed by atoms with E-state index in [0.29, 0.717) is 10.1 Å². The van der Waals surface area contributed by atoms with Crippen LogP contribution in [0.4, 0.5) is 10.1 Å². The number of carbonyl (C=O) groups excluding carboxylic acids is 1. The molecule has 0 spiro atoms. The first-order valence-corrected chi connectivity index (χ1v) is 9.30. The summed E-state index contributed by atoms with van der Waals surface area (Å²) in [6.45, 7) is 3.52. The van der Waals surface area contributed by atoms with Crippen molar-refractivity contribution >= 4 is 39.7 Å². The minimum atomic E-state index is -0.132. The fraction of sp³-hybridized carbons (Fsp3) is 0.0952. The highest BCUT2D eigenvalue weighted by Gasteiger charge is 2.14. The topological polar surface area (TPSA) is 66.4 Å². The zero-order valence-electron chi connectivity index (χ0n) is 15.1. The summed E-state index contributed by atoms with van der Waals surface area (Å²) in [6.07, 6.45) is 5.48. The molecule has 0 aliphatic heterocycles. The summed E-state index contributed by atoms with van der Waals surface area (Å²) in [4.78, 5) is 16.1. The number of hydrogen-bond acceptors (Lipinski definition) is 5. The van der Waals surface area contributed by atoms with E-state index >= 15 is 0 Å². The highest BCUT2D eigenvalue weighted by atomic mass is 32.1. The Kier molecular flexibility index (Phi) is 6.12. The summed E-state index contributed by atoms with van der Waals surface area (Å²) in [6, 6.07) is 18.0. The summed E-state index contributed by atoms with van der Waals surface area (Å²) in [5.41, 5.74) is 6.87. The average molecular weight is 376 g/mol. The second-order valence-electron chi connectivity index (χ2n) is 5.90. The first-order valence-electron chi connectivity index (χ1n) is 8.48. The number of aryl methyl sites for hydroxylation is 1. The van der Waals surface area contributed by atoms with Gasteiger partial charge in [0.1, 0.15) is 10.7 Å². The minimum absolute atomic E-state index is 0.132. The quantitative estimate of drug-likeness (QED) is 0.460. The van der Waals surface area contributed by atoms with Gasteiger partial charge in [-0.1, -0.05) is 77.6 Å². The van der Waals surface area contributed by atoms with Crippen molar-refractivity contribution in [1.82, 2.24) is 4.98 Å². The summed E-state index contributed by atoms with van der Waals surface area (Å²) < 4.78 is 0. The highest BCUT2D eigenvalue weighted by molar-refractivity contribution is 7.20. The molecule has 27 heavy (non-hydrogen) atoms. The smallest absolute Gasteiger partial charge is 0.221 e. The Morgan fingerprint density at radius 1 is 1.11 bits per heavy atom. The number of nitrogens with zero attached hydrogens (tertiary/aromatic N) is 2. The first kappa shape index (κ1) is 18.5. The molecule has 2 aromatic carbocycles. The van der Waals surface area contributed by atoms with E-state index in [-0.39, 0.29) is 5.91 Å². The van der Waals surface area contributed by atoms with Gasteiger partial charge in [0.2, 0.25) is 11.0 Å². The van der Waals surface area contributed by atoms with Gasteiger partial charge in [0.25, 0.3) is 0 Å². The van der Waals surface area contributed by atoms with E-state index in [1.165, 1.54) is 23.8 Å². The summed E-state index contributed by atoms with van der Waals surface area (Å²) in [5, 5.41) is 8.32. The molecule has 136 valence electrons. The molecule has 1 heterocycles. The number of carbonyl (C=O) groups is 1. The number of nitrogens with one attached hydrogen (secondary N) is 2. The van der Waals surface area contributed by atoms with Crippen molar-refractivity contribution in [2.45, 2.75) is 13.8 Å². The third kappa shape index (κ3) is 5.36. The Labute approximate surface area is 162 Å². The van der Waals surface area contributed by atoms with Crippen molar-refractivity contribution in [2.75, 3.05) is 10.7 Å². The molecule has 3 aromatic rings. The van der Waals surface area contributed by atoms with Gasteiger partial charge < -0.3 is 5.32 Å². The van der Waals surface area contributed by atoms with Crippen LogP contribution in [0.3, 0.4) is 0 Å². The Balaban J connectivity index is 1.73. The lowest BCUT2D eigenvalue weighted by Crippen LogP contribution is -2.05. The summed E-state index contributed by atoms with van der Waals surface area (Å²) >= 11 is 1.35. The van der Waals surface area contributed by atoms with Crippen molar-refractivity contribution in [2.24, 2.45) is 5.10 Å². The number of allylic oxidation sites excluding steroid dienone is 1. The Morgan fingerprint density at radius 3 is 2.56 bits per heavy atom. The molecule has 3 rings (SSSR count). The zero-order chi connectivity index (χ0) is 19.1. The van der Waals surface area contributed by atoms with Crippen LogP contribution in [0.15, 0.2) is 65.8 Å². The lowest BCUT2D eigenvalue weighted by atomic mass is 10.1. The maximum absolute atomic E-state index is 11.5. The van der Waals surface area contributed by atoms with Crippen LogP contribution in [0.1, 0.15) is 18.1 Å². The van der Waals surface area contributed by atoms with Crippen LogP contribution in [0.5, 0.6) is 0 Å². The molecular weight excluding hydrogens is 356 g/mol. The third-order valence-corrected chi connectivity index (χ3v) is 4.53. The van der Waals surface area contributed by atoms with Crippen molar-refractivity contribution in [3.8, 4) is 11.3 Å². The van der Waals surface area contributed by atoms with Crippen LogP contribution in [-0.4, -0.2) is 17.1 Å². The van der Waals surface area contributed by atoms with Gasteiger partial charge in [0.05, 0.1) is 0 Å². The van der Waals surface area contributed by atoms with Gasteiger partial charge in [-0.3, -0.25) is 10.2 Å². The van der Waals surface area contributed by atoms with Crippen molar-refractivity contribution in [1.29, 1.82) is 0 Å². The molecule has 0 atom stereocenters.